The van der Waals surface area contributed by atoms with Crippen molar-refractivity contribution >= 4 is 28.2 Å². The number of nitrogens with one attached hydrogen (secondary N) is 1. The number of fused-ring (bicyclic) bond motifs is 2. The van der Waals surface area contributed by atoms with Crippen LogP contribution >= 0.6 is 11.3 Å². The van der Waals surface area contributed by atoms with Gasteiger partial charge in [-0.2, -0.15) is 0 Å². The van der Waals surface area contributed by atoms with E-state index in [2.05, 4.69) is 5.32 Å². The first-order valence-corrected chi connectivity index (χ1v) is 10.3. The van der Waals surface area contributed by atoms with Crippen molar-refractivity contribution in [3.8, 4) is 5.75 Å². The number of carbonyl (C=O) groups excluding carboxylic acids is 2. The molecule has 1 amide bonds. The third-order valence-electron chi connectivity index (χ3n) is 5.14. The van der Waals surface area contributed by atoms with Gasteiger partial charge in [-0.15, -0.1) is 11.3 Å². The van der Waals surface area contributed by atoms with Gasteiger partial charge in [0.05, 0.1) is 18.1 Å². The Hall–Kier alpha value is -2.34. The number of esters is 1. The SMILES string of the molecule is CCOC(=O)c1c(NC(=O)[C@H]2COc3ccccc3C2)sc2c1CCCC2. The summed E-state index contributed by atoms with van der Waals surface area (Å²) in [6.45, 7) is 2.47. The molecule has 1 aliphatic heterocycles. The highest BCUT2D eigenvalue weighted by Gasteiger charge is 2.30. The van der Waals surface area contributed by atoms with E-state index in [-0.39, 0.29) is 17.8 Å². The van der Waals surface area contributed by atoms with E-state index in [0.717, 1.165) is 42.6 Å². The number of carbonyl (C=O) groups is 2. The van der Waals surface area contributed by atoms with E-state index >= 15 is 0 Å². The Morgan fingerprint density at radius 1 is 1.26 bits per heavy atom. The van der Waals surface area contributed by atoms with Gasteiger partial charge in [0.2, 0.25) is 5.91 Å². The van der Waals surface area contributed by atoms with Crippen molar-refractivity contribution in [3.05, 3.63) is 45.8 Å². The number of aryl methyl sites for hydroxylation is 1. The summed E-state index contributed by atoms with van der Waals surface area (Å²) < 4.78 is 11.0. The Morgan fingerprint density at radius 3 is 2.93 bits per heavy atom. The van der Waals surface area contributed by atoms with Crippen molar-refractivity contribution in [1.82, 2.24) is 0 Å². The standard InChI is InChI=1S/C21H23NO4S/c1-2-25-21(24)18-15-8-4-6-10-17(15)27-20(18)22-19(23)14-11-13-7-3-5-9-16(13)26-12-14/h3,5,7,9,14H,2,4,6,8,10-12H2,1H3,(H,22,23)/t14-/m1/s1. The quantitative estimate of drug-likeness (QED) is 0.808. The number of hydrogen-bond donors (Lipinski definition) is 1. The second-order valence-corrected chi connectivity index (χ2v) is 8.05. The molecule has 2 heterocycles. The monoisotopic (exact) mass is 385 g/mol. The lowest BCUT2D eigenvalue weighted by atomic mass is 9.95. The van der Waals surface area contributed by atoms with Crippen LogP contribution in [0.25, 0.3) is 0 Å². The minimum Gasteiger partial charge on any atom is -0.492 e. The molecule has 0 unspecified atom stereocenters. The van der Waals surface area contributed by atoms with Gasteiger partial charge in [-0.05, 0) is 56.2 Å². The van der Waals surface area contributed by atoms with Crippen molar-refractivity contribution in [2.45, 2.75) is 39.0 Å². The van der Waals surface area contributed by atoms with Gasteiger partial charge < -0.3 is 14.8 Å². The molecule has 6 heteroatoms. The highest BCUT2D eigenvalue weighted by molar-refractivity contribution is 7.17. The second-order valence-electron chi connectivity index (χ2n) is 6.94. The van der Waals surface area contributed by atoms with E-state index in [1.807, 2.05) is 24.3 Å². The van der Waals surface area contributed by atoms with Gasteiger partial charge in [-0.25, -0.2) is 4.79 Å². The van der Waals surface area contributed by atoms with Crippen molar-refractivity contribution in [2.24, 2.45) is 5.92 Å². The zero-order valence-corrected chi connectivity index (χ0v) is 16.2. The minimum atomic E-state index is -0.336. The van der Waals surface area contributed by atoms with Gasteiger partial charge in [-0.3, -0.25) is 4.79 Å². The van der Waals surface area contributed by atoms with Crippen LogP contribution in [0.4, 0.5) is 5.00 Å². The molecule has 1 N–H and O–H groups in total. The van der Waals surface area contributed by atoms with Gasteiger partial charge >= 0.3 is 5.97 Å². The smallest absolute Gasteiger partial charge is 0.341 e. The Morgan fingerprint density at radius 2 is 2.07 bits per heavy atom. The normalized spacial score (nSPS) is 18.0. The van der Waals surface area contributed by atoms with E-state index in [4.69, 9.17) is 9.47 Å². The molecular formula is C21H23NO4S. The molecule has 0 fully saturated rings. The molecule has 1 aromatic carbocycles. The topological polar surface area (TPSA) is 64.6 Å². The van der Waals surface area contributed by atoms with Crippen LogP contribution in [0.5, 0.6) is 5.75 Å². The molecule has 5 nitrogen and oxygen atoms in total. The summed E-state index contributed by atoms with van der Waals surface area (Å²) in [5.41, 5.74) is 2.66. The van der Waals surface area contributed by atoms with Crippen molar-refractivity contribution in [1.29, 1.82) is 0 Å². The summed E-state index contributed by atoms with van der Waals surface area (Å²) in [5.74, 6) is 0.139. The summed E-state index contributed by atoms with van der Waals surface area (Å²) >= 11 is 1.52. The van der Waals surface area contributed by atoms with E-state index in [0.29, 0.717) is 30.2 Å². The number of para-hydroxylation sites is 1. The van der Waals surface area contributed by atoms with Crippen molar-refractivity contribution in [3.63, 3.8) is 0 Å². The van der Waals surface area contributed by atoms with Gasteiger partial charge in [-0.1, -0.05) is 18.2 Å². The third kappa shape index (κ3) is 3.58. The zero-order valence-electron chi connectivity index (χ0n) is 15.4. The fourth-order valence-corrected chi connectivity index (χ4v) is 5.06. The molecule has 0 saturated carbocycles. The van der Waals surface area contributed by atoms with Crippen LogP contribution < -0.4 is 10.1 Å². The number of hydrogen-bond acceptors (Lipinski definition) is 5. The van der Waals surface area contributed by atoms with Crippen LogP contribution in [0.3, 0.4) is 0 Å². The largest absolute Gasteiger partial charge is 0.492 e. The van der Waals surface area contributed by atoms with E-state index in [1.165, 1.54) is 16.2 Å². The summed E-state index contributed by atoms with van der Waals surface area (Å²) in [6.07, 6.45) is 4.66. The molecule has 2 aromatic rings. The fourth-order valence-electron chi connectivity index (χ4n) is 3.78. The summed E-state index contributed by atoms with van der Waals surface area (Å²) in [7, 11) is 0. The molecule has 0 spiro atoms. The minimum absolute atomic E-state index is 0.103. The first kappa shape index (κ1) is 18.0. The van der Waals surface area contributed by atoms with Gasteiger partial charge in [0, 0.05) is 4.88 Å². The molecule has 4 rings (SSSR count). The number of rotatable bonds is 4. The Balaban J connectivity index is 1.56. The molecule has 27 heavy (non-hydrogen) atoms. The molecule has 1 aromatic heterocycles. The average Bonchev–Trinajstić information content (AvgIpc) is 3.05. The number of amides is 1. The highest BCUT2D eigenvalue weighted by atomic mass is 32.1. The lowest BCUT2D eigenvalue weighted by molar-refractivity contribution is -0.121. The molecule has 142 valence electrons. The van der Waals surface area contributed by atoms with E-state index in [1.54, 1.807) is 6.92 Å². The van der Waals surface area contributed by atoms with Crippen LogP contribution in [0, 0.1) is 5.92 Å². The molecule has 0 saturated heterocycles. The average molecular weight is 385 g/mol. The highest BCUT2D eigenvalue weighted by Crippen LogP contribution is 2.39. The molecule has 2 aliphatic rings. The van der Waals surface area contributed by atoms with Gasteiger partial charge in [0.25, 0.3) is 0 Å². The Labute approximate surface area is 162 Å². The third-order valence-corrected chi connectivity index (χ3v) is 6.34. The van der Waals surface area contributed by atoms with Crippen LogP contribution in [-0.4, -0.2) is 25.1 Å². The van der Waals surface area contributed by atoms with Crippen LogP contribution in [0.2, 0.25) is 0 Å². The predicted molar refractivity (Wildman–Crippen MR) is 105 cm³/mol. The Bertz CT molecular complexity index is 873. The van der Waals surface area contributed by atoms with E-state index in [9.17, 15) is 9.59 Å². The first-order chi connectivity index (χ1) is 13.2. The zero-order chi connectivity index (χ0) is 18.8. The predicted octanol–water partition coefficient (Wildman–Crippen LogP) is 3.99. The second kappa shape index (κ2) is 7.72. The summed E-state index contributed by atoms with van der Waals surface area (Å²) in [4.78, 5) is 26.6. The lowest BCUT2D eigenvalue weighted by Crippen LogP contribution is -2.32. The first-order valence-electron chi connectivity index (χ1n) is 9.50. The fraction of sp³-hybridized carbons (Fsp3) is 0.429. The van der Waals surface area contributed by atoms with Crippen LogP contribution in [0.15, 0.2) is 24.3 Å². The number of thiophene rings is 1. The maximum Gasteiger partial charge on any atom is 0.341 e. The molecule has 1 aliphatic carbocycles. The number of benzene rings is 1. The van der Waals surface area contributed by atoms with Crippen LogP contribution in [-0.2, 0) is 28.8 Å². The van der Waals surface area contributed by atoms with Gasteiger partial charge in [0.15, 0.2) is 0 Å². The molecular weight excluding hydrogens is 362 g/mol. The van der Waals surface area contributed by atoms with Crippen LogP contribution in [0.1, 0.15) is 46.1 Å². The summed E-state index contributed by atoms with van der Waals surface area (Å²) in [6, 6.07) is 7.80. The van der Waals surface area contributed by atoms with Gasteiger partial charge in [0.1, 0.15) is 17.4 Å². The maximum atomic E-state index is 12.9. The molecule has 0 bridgehead atoms. The van der Waals surface area contributed by atoms with Crippen molar-refractivity contribution in [2.75, 3.05) is 18.5 Å². The lowest BCUT2D eigenvalue weighted by Gasteiger charge is -2.24. The maximum absolute atomic E-state index is 12.9. The number of ether oxygens (including phenoxy) is 2. The molecule has 0 radical (unpaired) electrons. The van der Waals surface area contributed by atoms with Crippen molar-refractivity contribution < 1.29 is 19.1 Å². The Kier molecular flexibility index (Phi) is 5.16. The number of anilines is 1. The molecule has 1 atom stereocenters. The summed E-state index contributed by atoms with van der Waals surface area (Å²) in [5, 5.41) is 3.64. The van der Waals surface area contributed by atoms with E-state index < -0.39 is 0 Å².